The summed E-state index contributed by atoms with van der Waals surface area (Å²) in [6, 6.07) is 37.1. The summed E-state index contributed by atoms with van der Waals surface area (Å²) in [4.78, 5) is 0. The van der Waals surface area contributed by atoms with Gasteiger partial charge in [-0.2, -0.15) is 0 Å². The van der Waals surface area contributed by atoms with E-state index in [1.54, 1.807) is 0 Å². The van der Waals surface area contributed by atoms with Crippen molar-refractivity contribution in [2.45, 2.75) is 12.3 Å². The topological polar surface area (TPSA) is 4.93 Å². The van der Waals surface area contributed by atoms with Gasteiger partial charge in [0.05, 0.1) is 11.0 Å². The van der Waals surface area contributed by atoms with Gasteiger partial charge in [-0.05, 0) is 53.5 Å². The smallest absolute Gasteiger partial charge is 0.0541 e. The van der Waals surface area contributed by atoms with Gasteiger partial charge in [-0.3, -0.25) is 0 Å². The third-order valence-electron chi connectivity index (χ3n) is 6.32. The van der Waals surface area contributed by atoms with E-state index >= 15 is 0 Å². The van der Waals surface area contributed by atoms with Crippen LogP contribution in [0.3, 0.4) is 0 Å². The molecule has 0 fully saturated rings. The van der Waals surface area contributed by atoms with E-state index in [9.17, 15) is 0 Å². The van der Waals surface area contributed by atoms with Gasteiger partial charge in [0.15, 0.2) is 0 Å². The number of aromatic nitrogens is 1. The van der Waals surface area contributed by atoms with Crippen LogP contribution < -0.4 is 0 Å². The maximum Gasteiger partial charge on any atom is 0.0541 e. The second kappa shape index (κ2) is 7.45. The number of hydrogen-bond acceptors (Lipinski definition) is 0. The van der Waals surface area contributed by atoms with Gasteiger partial charge >= 0.3 is 0 Å². The molecule has 1 aliphatic rings. The summed E-state index contributed by atoms with van der Waals surface area (Å²) >= 11 is 0. The normalized spacial score (nSPS) is 16.0. The molecule has 31 heavy (non-hydrogen) atoms. The minimum atomic E-state index is 0.433. The lowest BCUT2D eigenvalue weighted by Crippen LogP contribution is -1.99. The van der Waals surface area contributed by atoms with Gasteiger partial charge in [-0.25, -0.2) is 0 Å². The van der Waals surface area contributed by atoms with Crippen molar-refractivity contribution in [3.05, 3.63) is 132 Å². The molecule has 0 aliphatic heterocycles. The molecule has 0 spiro atoms. The molecule has 0 amide bonds. The Morgan fingerprint density at radius 1 is 0.645 bits per heavy atom. The quantitative estimate of drug-likeness (QED) is 0.291. The van der Waals surface area contributed by atoms with Gasteiger partial charge in [0, 0.05) is 22.4 Å². The first-order chi connectivity index (χ1) is 15.4. The van der Waals surface area contributed by atoms with Crippen LogP contribution in [-0.2, 0) is 0 Å². The van der Waals surface area contributed by atoms with E-state index in [-0.39, 0.29) is 0 Å². The van der Waals surface area contributed by atoms with E-state index in [1.165, 1.54) is 44.2 Å². The van der Waals surface area contributed by atoms with Gasteiger partial charge in [0.1, 0.15) is 0 Å². The SMILES string of the molecule is C1=CC(c2ccc3c(c2)c2ccccc2n3-c2ccccc2)=CC(c2ccccc2)C1. The number of hydrogen-bond donors (Lipinski definition) is 0. The molecule has 1 heteroatoms. The van der Waals surface area contributed by atoms with Gasteiger partial charge in [0.25, 0.3) is 0 Å². The monoisotopic (exact) mass is 397 g/mol. The summed E-state index contributed by atoms with van der Waals surface area (Å²) in [5.74, 6) is 0.433. The molecule has 0 saturated heterocycles. The second-order valence-electron chi connectivity index (χ2n) is 8.20. The molecule has 1 unspecified atom stereocenters. The number of fused-ring (bicyclic) bond motifs is 3. The molecule has 1 aromatic heterocycles. The first kappa shape index (κ1) is 18.0. The third kappa shape index (κ3) is 3.10. The van der Waals surface area contributed by atoms with Crippen molar-refractivity contribution in [3.8, 4) is 5.69 Å². The minimum absolute atomic E-state index is 0.433. The van der Waals surface area contributed by atoms with Gasteiger partial charge in [0.2, 0.25) is 0 Å². The summed E-state index contributed by atoms with van der Waals surface area (Å²) in [5.41, 5.74) is 7.65. The molecule has 1 aliphatic carbocycles. The van der Waals surface area contributed by atoms with Crippen LogP contribution in [0.25, 0.3) is 33.1 Å². The minimum Gasteiger partial charge on any atom is -0.309 e. The zero-order valence-corrected chi connectivity index (χ0v) is 17.3. The van der Waals surface area contributed by atoms with Crippen molar-refractivity contribution in [2.24, 2.45) is 0 Å². The fourth-order valence-corrected chi connectivity index (χ4v) is 4.81. The molecule has 6 rings (SSSR count). The van der Waals surface area contributed by atoms with Crippen LogP contribution in [0.2, 0.25) is 0 Å². The fraction of sp³-hybridized carbons (Fsp3) is 0.0667. The molecule has 4 aromatic carbocycles. The van der Waals surface area contributed by atoms with Crippen LogP contribution in [-0.4, -0.2) is 4.57 Å². The molecular formula is C30H23N. The summed E-state index contributed by atoms with van der Waals surface area (Å²) in [7, 11) is 0. The maximum atomic E-state index is 2.42. The molecule has 148 valence electrons. The fourth-order valence-electron chi connectivity index (χ4n) is 4.81. The molecule has 0 saturated carbocycles. The Bertz CT molecular complexity index is 1440. The predicted molar refractivity (Wildman–Crippen MR) is 132 cm³/mol. The number of rotatable bonds is 3. The molecule has 0 bridgehead atoms. The van der Waals surface area contributed by atoms with E-state index in [1.807, 2.05) is 0 Å². The van der Waals surface area contributed by atoms with Crippen LogP contribution in [0, 0.1) is 0 Å². The Kier molecular flexibility index (Phi) is 4.32. The number of benzene rings is 4. The van der Waals surface area contributed by atoms with Crippen LogP contribution >= 0.6 is 0 Å². The highest BCUT2D eigenvalue weighted by molar-refractivity contribution is 6.10. The average Bonchev–Trinajstić information content (AvgIpc) is 3.19. The number of nitrogens with zero attached hydrogens (tertiary/aromatic N) is 1. The van der Waals surface area contributed by atoms with Crippen LogP contribution in [0.1, 0.15) is 23.5 Å². The molecule has 5 aromatic rings. The van der Waals surface area contributed by atoms with Crippen molar-refractivity contribution >= 4 is 27.4 Å². The third-order valence-corrected chi connectivity index (χ3v) is 6.32. The van der Waals surface area contributed by atoms with Crippen molar-refractivity contribution < 1.29 is 0 Å². The average molecular weight is 398 g/mol. The maximum absolute atomic E-state index is 2.42. The Balaban J connectivity index is 1.52. The zero-order chi connectivity index (χ0) is 20.6. The highest BCUT2D eigenvalue weighted by Crippen LogP contribution is 2.36. The van der Waals surface area contributed by atoms with Crippen molar-refractivity contribution in [1.82, 2.24) is 4.57 Å². The summed E-state index contributed by atoms with van der Waals surface area (Å²) in [6.45, 7) is 0. The standard InChI is InChI=1S/C30H23N/c1-3-10-22(11-4-1)23-12-9-13-24(20-23)25-18-19-30-28(21-25)27-16-7-8-17-29(27)31(30)26-14-5-2-6-15-26/h1-11,13-21,23H,12H2. The van der Waals surface area contributed by atoms with Crippen LogP contribution in [0.4, 0.5) is 0 Å². The predicted octanol–water partition coefficient (Wildman–Crippen LogP) is 7.91. The molecule has 1 atom stereocenters. The largest absolute Gasteiger partial charge is 0.309 e. The Labute approximate surface area is 182 Å². The van der Waals surface area contributed by atoms with Gasteiger partial charge in [-0.15, -0.1) is 0 Å². The Morgan fingerprint density at radius 3 is 2.19 bits per heavy atom. The van der Waals surface area contributed by atoms with Crippen LogP contribution in [0.5, 0.6) is 0 Å². The summed E-state index contributed by atoms with van der Waals surface area (Å²) in [5, 5.41) is 2.59. The second-order valence-corrected chi connectivity index (χ2v) is 8.20. The van der Waals surface area contributed by atoms with E-state index in [2.05, 4.69) is 126 Å². The van der Waals surface area contributed by atoms with E-state index in [4.69, 9.17) is 0 Å². The molecule has 0 radical (unpaired) electrons. The van der Waals surface area contributed by atoms with Gasteiger partial charge in [-0.1, -0.05) is 91.0 Å². The number of para-hydroxylation sites is 2. The molecule has 0 N–H and O–H groups in total. The van der Waals surface area contributed by atoms with Gasteiger partial charge < -0.3 is 4.57 Å². The van der Waals surface area contributed by atoms with Crippen molar-refractivity contribution in [3.63, 3.8) is 0 Å². The highest BCUT2D eigenvalue weighted by Gasteiger charge is 2.16. The lowest BCUT2D eigenvalue weighted by atomic mass is 9.87. The highest BCUT2D eigenvalue weighted by atomic mass is 15.0. The lowest BCUT2D eigenvalue weighted by molar-refractivity contribution is 0.857. The Morgan fingerprint density at radius 2 is 1.35 bits per heavy atom. The zero-order valence-electron chi connectivity index (χ0n) is 17.3. The number of allylic oxidation sites excluding steroid dienone is 4. The van der Waals surface area contributed by atoms with Crippen molar-refractivity contribution in [2.75, 3.05) is 0 Å². The Hall–Kier alpha value is -3.84. The first-order valence-corrected chi connectivity index (χ1v) is 10.9. The molecule has 1 nitrogen and oxygen atoms in total. The first-order valence-electron chi connectivity index (χ1n) is 10.9. The lowest BCUT2D eigenvalue weighted by Gasteiger charge is -2.17. The van der Waals surface area contributed by atoms with E-state index in [0.29, 0.717) is 5.92 Å². The van der Waals surface area contributed by atoms with Crippen LogP contribution in [0.15, 0.2) is 121 Å². The summed E-state index contributed by atoms with van der Waals surface area (Å²) < 4.78 is 2.37. The molecule has 1 heterocycles. The van der Waals surface area contributed by atoms with Crippen molar-refractivity contribution in [1.29, 1.82) is 0 Å². The summed E-state index contributed by atoms with van der Waals surface area (Å²) in [6.07, 6.45) is 8.07. The molecular weight excluding hydrogens is 374 g/mol. The van der Waals surface area contributed by atoms with E-state index < -0.39 is 0 Å². The van der Waals surface area contributed by atoms with E-state index in [0.717, 1.165) is 6.42 Å².